The van der Waals surface area contributed by atoms with Gasteiger partial charge in [0.15, 0.2) is 17.5 Å². The molecule has 0 aliphatic heterocycles. The number of fused-ring (bicyclic) bond motifs is 2. The summed E-state index contributed by atoms with van der Waals surface area (Å²) in [5, 5.41) is 2.26. The maximum absolute atomic E-state index is 5.12. The van der Waals surface area contributed by atoms with Crippen molar-refractivity contribution in [1.82, 2.24) is 24.9 Å². The van der Waals surface area contributed by atoms with E-state index in [2.05, 4.69) is 145 Å². The maximum Gasteiger partial charge on any atom is 0.164 e. The third-order valence-electron chi connectivity index (χ3n) is 9.73. The zero-order valence-corrected chi connectivity index (χ0v) is 28.1. The van der Waals surface area contributed by atoms with Gasteiger partial charge in [0.1, 0.15) is 0 Å². The van der Waals surface area contributed by atoms with E-state index in [4.69, 9.17) is 19.9 Å². The Morgan fingerprint density at radius 3 is 1.57 bits per heavy atom. The van der Waals surface area contributed by atoms with E-state index in [0.717, 1.165) is 61.6 Å². The molecule has 5 nitrogen and oxygen atoms in total. The van der Waals surface area contributed by atoms with Crippen LogP contribution in [0.1, 0.15) is 24.7 Å². The lowest BCUT2D eigenvalue weighted by atomic mass is 9.84. The second-order valence-corrected chi connectivity index (χ2v) is 13.0. The molecule has 0 N–H and O–H groups in total. The topological polar surface area (TPSA) is 64.5 Å². The molecule has 1 unspecified atom stereocenters. The van der Waals surface area contributed by atoms with Gasteiger partial charge in [-0.3, -0.25) is 9.97 Å². The summed E-state index contributed by atoms with van der Waals surface area (Å²) >= 11 is 0. The van der Waals surface area contributed by atoms with Gasteiger partial charge in [0, 0.05) is 51.0 Å². The lowest BCUT2D eigenvalue weighted by molar-refractivity contribution is 0.759. The quantitative estimate of drug-likeness (QED) is 0.178. The van der Waals surface area contributed by atoms with E-state index in [9.17, 15) is 0 Å². The van der Waals surface area contributed by atoms with Crippen molar-refractivity contribution in [1.29, 1.82) is 0 Å². The van der Waals surface area contributed by atoms with Crippen LogP contribution in [0.4, 0.5) is 0 Å². The normalized spacial score (nSPS) is 14.3. The van der Waals surface area contributed by atoms with Gasteiger partial charge in [-0.15, -0.1) is 0 Å². The van der Waals surface area contributed by atoms with Crippen molar-refractivity contribution >= 4 is 33.0 Å². The van der Waals surface area contributed by atoms with Crippen molar-refractivity contribution in [2.75, 3.05) is 0 Å². The Labute approximate surface area is 296 Å². The molecule has 5 aromatic carbocycles. The molecule has 0 spiro atoms. The number of hydrogen-bond acceptors (Lipinski definition) is 5. The lowest BCUT2D eigenvalue weighted by Gasteiger charge is -2.22. The van der Waals surface area contributed by atoms with Crippen LogP contribution in [0, 0.1) is 5.92 Å². The van der Waals surface area contributed by atoms with Crippen LogP contribution in [-0.4, -0.2) is 24.9 Å². The monoisotopic (exact) mass is 655 g/mol. The summed E-state index contributed by atoms with van der Waals surface area (Å²) in [6, 6.07) is 48.2. The molecule has 1 aliphatic carbocycles. The second kappa shape index (κ2) is 13.0. The molecule has 1 atom stereocenters. The van der Waals surface area contributed by atoms with E-state index in [0.29, 0.717) is 17.5 Å². The van der Waals surface area contributed by atoms with Crippen molar-refractivity contribution < 1.29 is 0 Å². The van der Waals surface area contributed by atoms with Crippen molar-refractivity contribution in [3.63, 3.8) is 0 Å². The van der Waals surface area contributed by atoms with Crippen molar-refractivity contribution in [3.8, 4) is 45.0 Å². The fourth-order valence-corrected chi connectivity index (χ4v) is 7.06. The van der Waals surface area contributed by atoms with E-state index in [1.54, 1.807) is 0 Å². The molecule has 0 amide bonds. The molecule has 0 bridgehead atoms. The molecule has 3 heterocycles. The molecule has 8 aromatic rings. The Hall–Kier alpha value is -6.59. The van der Waals surface area contributed by atoms with Gasteiger partial charge in [0.05, 0.1) is 11.0 Å². The first-order valence-electron chi connectivity index (χ1n) is 17.3. The number of pyridine rings is 2. The molecule has 0 radical (unpaired) electrons. The SMILES string of the molecule is CC1CC(c2cccc3cccnc23)=CC=C1c1nc(-c2ccc(-c3ccccc3)cc2)nc(-c2ccc(-c3cccc4cccnc34)cc2)n1. The lowest BCUT2D eigenvalue weighted by Crippen LogP contribution is -2.10. The van der Waals surface area contributed by atoms with Crippen molar-refractivity contribution in [2.24, 2.45) is 5.92 Å². The Morgan fingerprint density at radius 1 is 0.431 bits per heavy atom. The molecule has 0 fully saturated rings. The van der Waals surface area contributed by atoms with Crippen LogP contribution in [0.5, 0.6) is 0 Å². The number of nitrogens with zero attached hydrogens (tertiary/aromatic N) is 5. The van der Waals surface area contributed by atoms with Crippen molar-refractivity contribution in [2.45, 2.75) is 13.3 Å². The van der Waals surface area contributed by atoms with E-state index < -0.39 is 0 Å². The number of hydrogen-bond donors (Lipinski definition) is 0. The second-order valence-electron chi connectivity index (χ2n) is 13.0. The van der Waals surface area contributed by atoms with Gasteiger partial charge >= 0.3 is 0 Å². The number of aromatic nitrogens is 5. The van der Waals surface area contributed by atoms with Crippen LogP contribution in [0.3, 0.4) is 0 Å². The van der Waals surface area contributed by atoms with Gasteiger partial charge in [-0.1, -0.05) is 146 Å². The van der Waals surface area contributed by atoms with Gasteiger partial charge in [0.25, 0.3) is 0 Å². The zero-order chi connectivity index (χ0) is 34.1. The molecule has 9 rings (SSSR count). The molecular weight excluding hydrogens is 623 g/mol. The first-order valence-corrected chi connectivity index (χ1v) is 17.3. The Morgan fingerprint density at radius 2 is 0.941 bits per heavy atom. The summed E-state index contributed by atoms with van der Waals surface area (Å²) in [6.45, 7) is 2.25. The highest BCUT2D eigenvalue weighted by Gasteiger charge is 2.23. The molecule has 1 aliphatic rings. The average molecular weight is 656 g/mol. The number of rotatable bonds is 6. The van der Waals surface area contributed by atoms with Gasteiger partial charge in [-0.2, -0.15) is 0 Å². The van der Waals surface area contributed by atoms with Gasteiger partial charge in [0.2, 0.25) is 0 Å². The minimum atomic E-state index is 0.189. The van der Waals surface area contributed by atoms with E-state index >= 15 is 0 Å². The van der Waals surface area contributed by atoms with E-state index in [-0.39, 0.29) is 5.92 Å². The minimum absolute atomic E-state index is 0.189. The highest BCUT2D eigenvalue weighted by Crippen LogP contribution is 2.38. The predicted molar refractivity (Wildman–Crippen MR) is 208 cm³/mol. The van der Waals surface area contributed by atoms with Gasteiger partial charge in [-0.05, 0) is 46.7 Å². The molecule has 242 valence electrons. The van der Waals surface area contributed by atoms with E-state index in [1.807, 2.05) is 30.6 Å². The van der Waals surface area contributed by atoms with Crippen LogP contribution in [-0.2, 0) is 0 Å². The summed E-state index contributed by atoms with van der Waals surface area (Å²) in [5.74, 6) is 2.18. The summed E-state index contributed by atoms with van der Waals surface area (Å²) in [7, 11) is 0. The van der Waals surface area contributed by atoms with Crippen LogP contribution >= 0.6 is 0 Å². The molecule has 0 saturated carbocycles. The van der Waals surface area contributed by atoms with E-state index in [1.165, 1.54) is 16.7 Å². The summed E-state index contributed by atoms with van der Waals surface area (Å²) < 4.78 is 0. The van der Waals surface area contributed by atoms with Crippen LogP contribution in [0.25, 0.3) is 78.0 Å². The Bertz CT molecular complexity index is 2600. The van der Waals surface area contributed by atoms with Crippen LogP contribution < -0.4 is 0 Å². The Kier molecular flexibility index (Phi) is 7.78. The highest BCUT2D eigenvalue weighted by atomic mass is 15.0. The fourth-order valence-electron chi connectivity index (χ4n) is 7.06. The summed E-state index contributed by atoms with van der Waals surface area (Å²) in [6.07, 6.45) is 8.97. The van der Waals surface area contributed by atoms with Crippen LogP contribution in [0.2, 0.25) is 0 Å². The molecule has 3 aromatic heterocycles. The first-order chi connectivity index (χ1) is 25.2. The molecule has 51 heavy (non-hydrogen) atoms. The predicted octanol–water partition coefficient (Wildman–Crippen LogP) is 11.1. The Balaban J connectivity index is 1.13. The summed E-state index contributed by atoms with van der Waals surface area (Å²) in [5.41, 5.74) is 11.9. The average Bonchev–Trinajstić information content (AvgIpc) is 3.20. The van der Waals surface area contributed by atoms with Gasteiger partial charge in [-0.25, -0.2) is 15.0 Å². The fraction of sp³-hybridized carbons (Fsp3) is 0.0652. The highest BCUT2D eigenvalue weighted by molar-refractivity contribution is 5.94. The molecular formula is C46H33N5. The van der Waals surface area contributed by atoms with Gasteiger partial charge < -0.3 is 0 Å². The third-order valence-corrected chi connectivity index (χ3v) is 9.73. The maximum atomic E-state index is 5.12. The third kappa shape index (κ3) is 5.89. The first kappa shape index (κ1) is 30.5. The smallest absolute Gasteiger partial charge is 0.164 e. The number of benzene rings is 5. The standard InChI is InChI=1S/C46H33N5/c1-30-29-38(41-16-6-12-35-14-8-28-48-43(35)41)25-26-39(30)46-50-44(36-21-17-32(18-22-36)31-9-3-2-4-10-31)49-45(51-46)37-23-19-33(20-24-37)40-15-5-11-34-13-7-27-47-42(34)40/h2-28,30H,29H2,1H3. The number of allylic oxidation sites excluding steroid dienone is 4. The zero-order valence-electron chi connectivity index (χ0n) is 28.1. The minimum Gasteiger partial charge on any atom is -0.256 e. The summed E-state index contributed by atoms with van der Waals surface area (Å²) in [4.78, 5) is 24.7. The van der Waals surface area contributed by atoms with Crippen LogP contribution in [0.15, 0.2) is 164 Å². The van der Waals surface area contributed by atoms with Crippen molar-refractivity contribution in [3.05, 3.63) is 175 Å². The molecule has 0 saturated heterocycles. The largest absolute Gasteiger partial charge is 0.256 e. The molecule has 5 heteroatoms. The number of para-hydroxylation sites is 2.